The lowest BCUT2D eigenvalue weighted by Gasteiger charge is -2.28. The molecule has 68 valence electrons. The lowest BCUT2D eigenvalue weighted by molar-refractivity contribution is -0.00907. The third-order valence-corrected chi connectivity index (χ3v) is 2.53. The van der Waals surface area contributed by atoms with Gasteiger partial charge in [0.15, 0.2) is 0 Å². The normalized spacial score (nSPS) is 19.4. The average Bonchev–Trinajstić information content (AvgIpc) is 2.00. The molecule has 2 heteroatoms. The minimum atomic E-state index is -0.529. The lowest BCUT2D eigenvalue weighted by Crippen LogP contribution is -2.32. The molecule has 0 aliphatic carbocycles. The highest BCUT2D eigenvalue weighted by Crippen LogP contribution is 2.22. The Kier molecular flexibility index (Phi) is 4.69. The van der Waals surface area contributed by atoms with Gasteiger partial charge in [0.25, 0.3) is 0 Å². The Balaban J connectivity index is 3.71. The molecular formula is C9H20O2. The second-order valence-electron chi connectivity index (χ2n) is 3.39. The van der Waals surface area contributed by atoms with Crippen molar-refractivity contribution in [3.05, 3.63) is 0 Å². The first-order chi connectivity index (χ1) is 5.04. The maximum atomic E-state index is 9.76. The van der Waals surface area contributed by atoms with Crippen molar-refractivity contribution >= 4 is 0 Å². The van der Waals surface area contributed by atoms with Gasteiger partial charge in [-0.25, -0.2) is 0 Å². The highest BCUT2D eigenvalue weighted by molar-refractivity contribution is 4.76. The van der Waals surface area contributed by atoms with Crippen molar-refractivity contribution in [2.75, 3.05) is 13.7 Å². The molecule has 1 N–H and O–H groups in total. The van der Waals surface area contributed by atoms with E-state index in [9.17, 15) is 5.11 Å². The maximum Gasteiger partial charge on any atom is 0.0643 e. The Morgan fingerprint density at radius 3 is 2.45 bits per heavy atom. The van der Waals surface area contributed by atoms with Crippen LogP contribution in [0.3, 0.4) is 0 Å². The Labute approximate surface area is 69.6 Å². The molecule has 0 bridgehead atoms. The van der Waals surface area contributed by atoms with Crippen molar-refractivity contribution in [1.29, 1.82) is 0 Å². The number of ether oxygens (including phenoxy) is 1. The summed E-state index contributed by atoms with van der Waals surface area (Å²) < 4.78 is 4.94. The van der Waals surface area contributed by atoms with Crippen LogP contribution in [0.4, 0.5) is 0 Å². The summed E-state index contributed by atoms with van der Waals surface area (Å²) in [4.78, 5) is 0. The molecule has 0 aliphatic rings. The molecule has 0 saturated heterocycles. The Bertz CT molecular complexity index is 99.7. The molecule has 0 fully saturated rings. The number of aliphatic hydroxyl groups is 1. The summed E-state index contributed by atoms with van der Waals surface area (Å²) in [5, 5.41) is 9.76. The maximum absolute atomic E-state index is 9.76. The molecule has 0 aliphatic heterocycles. The number of hydrogen-bond donors (Lipinski definition) is 1. The van der Waals surface area contributed by atoms with Gasteiger partial charge in [0.2, 0.25) is 0 Å². The summed E-state index contributed by atoms with van der Waals surface area (Å²) in [6.45, 7) is 6.68. The first kappa shape index (κ1) is 10.9. The smallest absolute Gasteiger partial charge is 0.0643 e. The summed E-state index contributed by atoms with van der Waals surface area (Å²) in [5.41, 5.74) is -0.529. The van der Waals surface area contributed by atoms with Crippen LogP contribution in [-0.2, 0) is 4.74 Å². The van der Waals surface area contributed by atoms with E-state index in [0.29, 0.717) is 5.92 Å². The Hall–Kier alpha value is -0.0800. The summed E-state index contributed by atoms with van der Waals surface area (Å²) in [6.07, 6.45) is 1.73. The second kappa shape index (κ2) is 4.73. The van der Waals surface area contributed by atoms with Gasteiger partial charge in [0.1, 0.15) is 0 Å². The molecule has 2 unspecified atom stereocenters. The molecule has 0 aromatic heterocycles. The van der Waals surface area contributed by atoms with Crippen LogP contribution in [-0.4, -0.2) is 24.4 Å². The fourth-order valence-electron chi connectivity index (χ4n) is 0.954. The van der Waals surface area contributed by atoms with Gasteiger partial charge in [-0.2, -0.15) is 0 Å². The zero-order valence-corrected chi connectivity index (χ0v) is 8.05. The molecule has 0 aromatic carbocycles. The van der Waals surface area contributed by atoms with Gasteiger partial charge < -0.3 is 9.84 Å². The van der Waals surface area contributed by atoms with E-state index in [-0.39, 0.29) is 0 Å². The quantitative estimate of drug-likeness (QED) is 0.664. The van der Waals surface area contributed by atoms with E-state index in [0.717, 1.165) is 19.4 Å². The Morgan fingerprint density at radius 2 is 2.09 bits per heavy atom. The van der Waals surface area contributed by atoms with Gasteiger partial charge in [-0.15, -0.1) is 0 Å². The number of rotatable bonds is 5. The molecule has 0 saturated carbocycles. The summed E-state index contributed by atoms with van der Waals surface area (Å²) >= 11 is 0. The van der Waals surface area contributed by atoms with E-state index in [1.54, 1.807) is 7.11 Å². The summed E-state index contributed by atoms with van der Waals surface area (Å²) in [6, 6.07) is 0. The largest absolute Gasteiger partial charge is 0.390 e. The minimum absolute atomic E-state index is 0.312. The van der Waals surface area contributed by atoms with E-state index in [2.05, 4.69) is 6.92 Å². The molecule has 0 rings (SSSR count). The summed E-state index contributed by atoms with van der Waals surface area (Å²) in [7, 11) is 1.69. The van der Waals surface area contributed by atoms with Crippen LogP contribution >= 0.6 is 0 Å². The van der Waals surface area contributed by atoms with E-state index < -0.39 is 5.60 Å². The fraction of sp³-hybridized carbons (Fsp3) is 1.00. The van der Waals surface area contributed by atoms with E-state index in [4.69, 9.17) is 4.74 Å². The molecule has 0 aromatic rings. The Morgan fingerprint density at radius 1 is 1.55 bits per heavy atom. The lowest BCUT2D eigenvalue weighted by atomic mass is 9.86. The standard InChI is InChI=1S/C9H20O2/c1-5-9(3,10)8(2)6-7-11-4/h8,10H,5-7H2,1-4H3. The number of hydrogen-bond acceptors (Lipinski definition) is 2. The predicted octanol–water partition coefficient (Wildman–Crippen LogP) is 1.82. The van der Waals surface area contributed by atoms with Crippen LogP contribution in [0.5, 0.6) is 0 Å². The fourth-order valence-corrected chi connectivity index (χ4v) is 0.954. The van der Waals surface area contributed by atoms with Crippen LogP contribution in [0, 0.1) is 5.92 Å². The van der Waals surface area contributed by atoms with Crippen molar-refractivity contribution in [3.63, 3.8) is 0 Å². The third kappa shape index (κ3) is 3.73. The van der Waals surface area contributed by atoms with Gasteiger partial charge in [0.05, 0.1) is 5.60 Å². The first-order valence-corrected chi connectivity index (χ1v) is 4.26. The second-order valence-corrected chi connectivity index (χ2v) is 3.39. The van der Waals surface area contributed by atoms with Crippen LogP contribution < -0.4 is 0 Å². The van der Waals surface area contributed by atoms with E-state index in [1.807, 2.05) is 13.8 Å². The van der Waals surface area contributed by atoms with Gasteiger partial charge in [-0.1, -0.05) is 13.8 Å². The monoisotopic (exact) mass is 160 g/mol. The molecule has 0 radical (unpaired) electrons. The molecule has 2 nitrogen and oxygen atoms in total. The topological polar surface area (TPSA) is 29.5 Å². The molecule has 2 atom stereocenters. The SMILES string of the molecule is CCC(C)(O)C(C)CCOC. The van der Waals surface area contributed by atoms with Crippen molar-refractivity contribution in [1.82, 2.24) is 0 Å². The molecule has 0 spiro atoms. The van der Waals surface area contributed by atoms with E-state index in [1.165, 1.54) is 0 Å². The van der Waals surface area contributed by atoms with Gasteiger partial charge in [-0.05, 0) is 25.7 Å². The van der Waals surface area contributed by atoms with Crippen LogP contribution in [0.25, 0.3) is 0 Å². The van der Waals surface area contributed by atoms with Crippen molar-refractivity contribution in [2.24, 2.45) is 5.92 Å². The number of methoxy groups -OCH3 is 1. The van der Waals surface area contributed by atoms with Crippen molar-refractivity contribution in [3.8, 4) is 0 Å². The van der Waals surface area contributed by atoms with E-state index >= 15 is 0 Å². The predicted molar refractivity (Wildman–Crippen MR) is 46.6 cm³/mol. The molecule has 11 heavy (non-hydrogen) atoms. The first-order valence-electron chi connectivity index (χ1n) is 4.26. The minimum Gasteiger partial charge on any atom is -0.390 e. The average molecular weight is 160 g/mol. The van der Waals surface area contributed by atoms with Crippen molar-refractivity contribution < 1.29 is 9.84 Å². The zero-order valence-electron chi connectivity index (χ0n) is 8.05. The molecule has 0 amide bonds. The van der Waals surface area contributed by atoms with Crippen molar-refractivity contribution in [2.45, 2.75) is 39.2 Å². The highest BCUT2D eigenvalue weighted by atomic mass is 16.5. The summed E-state index contributed by atoms with van der Waals surface area (Å²) in [5.74, 6) is 0.312. The molecular weight excluding hydrogens is 140 g/mol. The van der Waals surface area contributed by atoms with Gasteiger partial charge in [0, 0.05) is 13.7 Å². The third-order valence-electron chi connectivity index (χ3n) is 2.53. The molecule has 0 heterocycles. The van der Waals surface area contributed by atoms with Gasteiger partial charge in [-0.3, -0.25) is 0 Å². The zero-order chi connectivity index (χ0) is 8.91. The van der Waals surface area contributed by atoms with Crippen LogP contribution in [0.15, 0.2) is 0 Å². The van der Waals surface area contributed by atoms with Crippen LogP contribution in [0.1, 0.15) is 33.6 Å². The van der Waals surface area contributed by atoms with Crippen LogP contribution in [0.2, 0.25) is 0 Å². The highest BCUT2D eigenvalue weighted by Gasteiger charge is 2.25. The van der Waals surface area contributed by atoms with Gasteiger partial charge >= 0.3 is 0 Å².